The Kier molecular flexibility index (Phi) is 3.04. The van der Waals surface area contributed by atoms with E-state index in [9.17, 15) is 4.39 Å². The molecule has 0 saturated heterocycles. The van der Waals surface area contributed by atoms with E-state index in [1.54, 1.807) is 6.07 Å². The fourth-order valence-corrected chi connectivity index (χ4v) is 1.33. The van der Waals surface area contributed by atoms with Crippen molar-refractivity contribution < 1.29 is 4.39 Å². The first-order valence-corrected chi connectivity index (χ1v) is 4.84. The largest absolute Gasteiger partial charge is 0.258 e. The molecular weight excluding hydrogens is 268 g/mol. The van der Waals surface area contributed by atoms with Crippen molar-refractivity contribution in [2.45, 2.75) is 23.7 Å². The number of halogens is 2. The van der Waals surface area contributed by atoms with E-state index in [1.165, 1.54) is 12.3 Å². The molecular formula is C9H11FIN. The number of rotatable bonds is 2. The van der Waals surface area contributed by atoms with Crippen LogP contribution >= 0.6 is 22.6 Å². The van der Waals surface area contributed by atoms with Crippen molar-refractivity contribution in [1.29, 1.82) is 0 Å². The number of hydrogen-bond donors (Lipinski definition) is 0. The van der Waals surface area contributed by atoms with Gasteiger partial charge in [0.1, 0.15) is 5.82 Å². The Morgan fingerprint density at radius 2 is 2.17 bits per heavy atom. The molecule has 12 heavy (non-hydrogen) atoms. The van der Waals surface area contributed by atoms with Crippen LogP contribution < -0.4 is 0 Å². The fraction of sp³-hybridized carbons (Fsp3) is 0.444. The van der Waals surface area contributed by atoms with Crippen LogP contribution in [0.25, 0.3) is 0 Å². The van der Waals surface area contributed by atoms with Crippen LogP contribution in [0.2, 0.25) is 0 Å². The Hall–Kier alpha value is -0.190. The van der Waals surface area contributed by atoms with Gasteiger partial charge in [0.05, 0.1) is 6.20 Å². The van der Waals surface area contributed by atoms with Crippen LogP contribution in [0.3, 0.4) is 0 Å². The smallest absolute Gasteiger partial charge is 0.141 e. The molecule has 1 nitrogen and oxygen atoms in total. The highest BCUT2D eigenvalue weighted by Gasteiger charge is 2.13. The van der Waals surface area contributed by atoms with Gasteiger partial charge in [0.15, 0.2) is 0 Å². The summed E-state index contributed by atoms with van der Waals surface area (Å²) in [4.78, 5) is 3.98. The van der Waals surface area contributed by atoms with Crippen molar-refractivity contribution in [3.8, 4) is 0 Å². The third-order valence-corrected chi connectivity index (χ3v) is 1.77. The number of hydrogen-bond acceptors (Lipinski definition) is 1. The van der Waals surface area contributed by atoms with Crippen molar-refractivity contribution in [3.05, 3.63) is 29.8 Å². The molecule has 3 heteroatoms. The van der Waals surface area contributed by atoms with Gasteiger partial charge in [-0.05, 0) is 12.1 Å². The molecule has 0 aromatic carbocycles. The molecule has 0 aliphatic carbocycles. The Bertz CT molecular complexity index is 250. The minimum atomic E-state index is -0.273. The average molecular weight is 279 g/mol. The number of alkyl halides is 1. The highest BCUT2D eigenvalue weighted by atomic mass is 127. The van der Waals surface area contributed by atoms with Crippen LogP contribution in [0.15, 0.2) is 18.3 Å². The first-order chi connectivity index (χ1) is 5.47. The Labute approximate surface area is 85.5 Å². The maximum atomic E-state index is 12.5. The van der Waals surface area contributed by atoms with Gasteiger partial charge in [0.25, 0.3) is 0 Å². The van der Waals surface area contributed by atoms with Crippen molar-refractivity contribution in [3.63, 3.8) is 0 Å². The second kappa shape index (κ2) is 3.68. The van der Waals surface area contributed by atoms with Crippen LogP contribution in [0.1, 0.15) is 19.5 Å². The predicted octanol–water partition coefficient (Wildman–Crippen LogP) is 2.98. The second-order valence-corrected chi connectivity index (χ2v) is 6.28. The molecule has 0 unspecified atom stereocenters. The van der Waals surface area contributed by atoms with Crippen molar-refractivity contribution in [1.82, 2.24) is 4.98 Å². The van der Waals surface area contributed by atoms with Crippen LogP contribution in [-0.2, 0) is 6.42 Å². The summed E-state index contributed by atoms with van der Waals surface area (Å²) in [6.45, 7) is 4.25. The SMILES string of the molecule is CC(C)(I)Cc1ccc(F)cn1. The summed E-state index contributed by atoms with van der Waals surface area (Å²) in [5.41, 5.74) is 0.941. The lowest BCUT2D eigenvalue weighted by molar-refractivity contribution is 0.616. The molecule has 0 N–H and O–H groups in total. The topological polar surface area (TPSA) is 12.9 Å². The van der Waals surface area contributed by atoms with E-state index in [0.717, 1.165) is 12.1 Å². The van der Waals surface area contributed by atoms with Crippen LogP contribution in [0, 0.1) is 5.82 Å². The summed E-state index contributed by atoms with van der Waals surface area (Å²) in [5, 5.41) is 0. The monoisotopic (exact) mass is 279 g/mol. The quantitative estimate of drug-likeness (QED) is 0.599. The van der Waals surface area contributed by atoms with E-state index >= 15 is 0 Å². The molecule has 66 valence electrons. The molecule has 0 fully saturated rings. The molecule has 0 amide bonds. The van der Waals surface area contributed by atoms with Gasteiger partial charge in [0, 0.05) is 15.5 Å². The molecule has 1 heterocycles. The van der Waals surface area contributed by atoms with Crippen molar-refractivity contribution in [2.24, 2.45) is 0 Å². The molecule has 0 bridgehead atoms. The highest BCUT2D eigenvalue weighted by Crippen LogP contribution is 2.21. The van der Waals surface area contributed by atoms with E-state index < -0.39 is 0 Å². The maximum absolute atomic E-state index is 12.5. The van der Waals surface area contributed by atoms with Crippen LogP contribution in [0.4, 0.5) is 4.39 Å². The molecule has 0 saturated carbocycles. The highest BCUT2D eigenvalue weighted by molar-refractivity contribution is 14.1. The summed E-state index contributed by atoms with van der Waals surface area (Å²) in [6.07, 6.45) is 2.13. The lowest BCUT2D eigenvalue weighted by Crippen LogP contribution is -2.13. The molecule has 0 atom stereocenters. The molecule has 1 aromatic rings. The van der Waals surface area contributed by atoms with E-state index in [-0.39, 0.29) is 9.24 Å². The van der Waals surface area contributed by atoms with Gasteiger partial charge < -0.3 is 0 Å². The summed E-state index contributed by atoms with van der Waals surface area (Å²) in [6, 6.07) is 3.18. The van der Waals surface area contributed by atoms with Gasteiger partial charge in [-0.25, -0.2) is 4.39 Å². The van der Waals surface area contributed by atoms with Crippen LogP contribution in [-0.4, -0.2) is 8.41 Å². The molecule has 0 aliphatic rings. The zero-order chi connectivity index (χ0) is 9.19. The zero-order valence-corrected chi connectivity index (χ0v) is 9.30. The van der Waals surface area contributed by atoms with Gasteiger partial charge in [-0.1, -0.05) is 36.4 Å². The van der Waals surface area contributed by atoms with Crippen molar-refractivity contribution >= 4 is 22.6 Å². The minimum absolute atomic E-state index is 0.183. The predicted molar refractivity (Wildman–Crippen MR) is 56.0 cm³/mol. The lowest BCUT2D eigenvalue weighted by Gasteiger charge is -2.14. The van der Waals surface area contributed by atoms with Gasteiger partial charge in [0.2, 0.25) is 0 Å². The lowest BCUT2D eigenvalue weighted by atomic mass is 10.1. The summed E-state index contributed by atoms with van der Waals surface area (Å²) in [7, 11) is 0. The van der Waals surface area contributed by atoms with Gasteiger partial charge >= 0.3 is 0 Å². The van der Waals surface area contributed by atoms with E-state index in [0.29, 0.717) is 0 Å². The van der Waals surface area contributed by atoms with Gasteiger partial charge in [-0.3, -0.25) is 4.98 Å². The first kappa shape index (κ1) is 9.89. The summed E-state index contributed by atoms with van der Waals surface area (Å²) in [5.74, 6) is -0.273. The number of nitrogens with zero attached hydrogens (tertiary/aromatic N) is 1. The van der Waals surface area contributed by atoms with Crippen molar-refractivity contribution in [2.75, 3.05) is 0 Å². The third kappa shape index (κ3) is 3.47. The van der Waals surface area contributed by atoms with Gasteiger partial charge in [-0.15, -0.1) is 0 Å². The number of aromatic nitrogens is 1. The first-order valence-electron chi connectivity index (χ1n) is 3.77. The average Bonchev–Trinajstić information content (AvgIpc) is 1.91. The van der Waals surface area contributed by atoms with Crippen LogP contribution in [0.5, 0.6) is 0 Å². The zero-order valence-electron chi connectivity index (χ0n) is 7.14. The Morgan fingerprint density at radius 1 is 1.50 bits per heavy atom. The Morgan fingerprint density at radius 3 is 2.58 bits per heavy atom. The Balaban J connectivity index is 2.71. The van der Waals surface area contributed by atoms with E-state index in [4.69, 9.17) is 0 Å². The van der Waals surface area contributed by atoms with E-state index in [2.05, 4.69) is 41.4 Å². The molecule has 0 spiro atoms. The fourth-order valence-electron chi connectivity index (χ4n) is 0.942. The minimum Gasteiger partial charge on any atom is -0.258 e. The summed E-state index contributed by atoms with van der Waals surface area (Å²) >= 11 is 2.36. The molecule has 1 aromatic heterocycles. The molecule has 0 aliphatic heterocycles. The number of pyridine rings is 1. The third-order valence-electron chi connectivity index (χ3n) is 1.39. The summed E-state index contributed by atoms with van der Waals surface area (Å²) < 4.78 is 12.6. The second-order valence-electron chi connectivity index (χ2n) is 3.36. The standard InChI is InChI=1S/C9H11FIN/c1-9(2,11)5-8-4-3-7(10)6-12-8/h3-4,6H,5H2,1-2H3. The normalized spacial score (nSPS) is 11.7. The molecule has 1 rings (SSSR count). The molecule has 0 radical (unpaired) electrons. The maximum Gasteiger partial charge on any atom is 0.141 e. The van der Waals surface area contributed by atoms with Gasteiger partial charge in [-0.2, -0.15) is 0 Å². The van der Waals surface area contributed by atoms with E-state index in [1.807, 2.05) is 0 Å².